The first-order chi connectivity index (χ1) is 11.8. The second kappa shape index (κ2) is 6.55. The number of hydrogen-bond donors (Lipinski definition) is 0. The number of imidazole rings is 1. The quantitative estimate of drug-likeness (QED) is 0.866. The molecule has 0 spiro atoms. The molecule has 2 atom stereocenters. The molecule has 0 saturated carbocycles. The third-order valence-corrected chi connectivity index (χ3v) is 5.63. The minimum atomic E-state index is 0.240. The van der Waals surface area contributed by atoms with Gasteiger partial charge < -0.3 is 9.30 Å². The molecule has 2 saturated heterocycles. The lowest BCUT2D eigenvalue weighted by Gasteiger charge is -2.34. The van der Waals surface area contributed by atoms with Gasteiger partial charge in [0.05, 0.1) is 12.1 Å². The van der Waals surface area contributed by atoms with Crippen molar-refractivity contribution in [1.29, 1.82) is 0 Å². The van der Waals surface area contributed by atoms with Gasteiger partial charge in [0.15, 0.2) is 0 Å². The molecule has 2 aromatic heterocycles. The van der Waals surface area contributed by atoms with Crippen LogP contribution in [0.5, 0.6) is 0 Å². The fourth-order valence-electron chi connectivity index (χ4n) is 4.51. The number of nitrogens with zero attached hydrogens (tertiary/aromatic N) is 4. The van der Waals surface area contributed by atoms with E-state index in [1.54, 1.807) is 0 Å². The first-order valence-corrected chi connectivity index (χ1v) is 9.22. The molecule has 5 nitrogen and oxygen atoms in total. The van der Waals surface area contributed by atoms with Crippen molar-refractivity contribution in [3.05, 3.63) is 36.3 Å². The SMILES string of the molecule is CCN1CCC[C@H]1[C@H]1CCCN1C(=O)Cc1cn2ccccc2n1. The zero-order valence-corrected chi connectivity index (χ0v) is 14.4. The van der Waals surface area contributed by atoms with Crippen LogP contribution in [-0.2, 0) is 11.2 Å². The van der Waals surface area contributed by atoms with Crippen molar-refractivity contribution >= 4 is 11.6 Å². The smallest absolute Gasteiger partial charge is 0.228 e. The Kier molecular flexibility index (Phi) is 4.27. The van der Waals surface area contributed by atoms with Crippen LogP contribution in [0.1, 0.15) is 38.3 Å². The van der Waals surface area contributed by atoms with E-state index in [-0.39, 0.29) is 5.91 Å². The number of amides is 1. The Morgan fingerprint density at radius 2 is 2.04 bits per heavy atom. The fraction of sp³-hybridized carbons (Fsp3) is 0.579. The molecular formula is C19H26N4O. The van der Waals surface area contributed by atoms with E-state index in [0.29, 0.717) is 18.5 Å². The van der Waals surface area contributed by atoms with Crippen LogP contribution in [0, 0.1) is 0 Å². The van der Waals surface area contributed by atoms with Gasteiger partial charge in [0.1, 0.15) is 5.65 Å². The number of rotatable bonds is 4. The minimum Gasteiger partial charge on any atom is -0.338 e. The van der Waals surface area contributed by atoms with Crippen molar-refractivity contribution in [2.45, 2.75) is 51.1 Å². The summed E-state index contributed by atoms with van der Waals surface area (Å²) >= 11 is 0. The number of fused-ring (bicyclic) bond motifs is 1. The summed E-state index contributed by atoms with van der Waals surface area (Å²) in [7, 11) is 0. The van der Waals surface area contributed by atoms with E-state index >= 15 is 0 Å². The summed E-state index contributed by atoms with van der Waals surface area (Å²) in [5.41, 5.74) is 1.78. The summed E-state index contributed by atoms with van der Waals surface area (Å²) in [5.74, 6) is 0.240. The maximum Gasteiger partial charge on any atom is 0.228 e. The van der Waals surface area contributed by atoms with E-state index in [1.165, 1.54) is 19.4 Å². The van der Waals surface area contributed by atoms with E-state index in [4.69, 9.17) is 0 Å². The van der Waals surface area contributed by atoms with Crippen LogP contribution in [0.3, 0.4) is 0 Å². The van der Waals surface area contributed by atoms with Gasteiger partial charge in [-0.1, -0.05) is 13.0 Å². The second-order valence-electron chi connectivity index (χ2n) is 7.01. The number of likely N-dealkylation sites (tertiary alicyclic amines) is 2. The standard InChI is InChI=1S/C19H26N4O/c1-2-21-11-5-7-16(21)17-8-6-12-23(17)19(24)13-15-14-22-10-4-3-9-18(22)20-15/h3-4,9-10,14,16-17H,2,5-8,11-13H2,1H3/t16-,17+/m0/s1. The van der Waals surface area contributed by atoms with E-state index in [9.17, 15) is 4.79 Å². The summed E-state index contributed by atoms with van der Waals surface area (Å²) in [5, 5.41) is 0. The Balaban J connectivity index is 1.48. The molecule has 1 amide bonds. The zero-order valence-electron chi connectivity index (χ0n) is 14.4. The van der Waals surface area contributed by atoms with Crippen molar-refractivity contribution in [2.75, 3.05) is 19.6 Å². The normalized spacial score (nSPS) is 25.0. The maximum absolute atomic E-state index is 12.9. The van der Waals surface area contributed by atoms with Crippen LogP contribution < -0.4 is 0 Å². The third kappa shape index (κ3) is 2.81. The van der Waals surface area contributed by atoms with Crippen molar-refractivity contribution in [2.24, 2.45) is 0 Å². The molecule has 0 bridgehead atoms. The Morgan fingerprint density at radius 1 is 1.21 bits per heavy atom. The molecular weight excluding hydrogens is 300 g/mol. The van der Waals surface area contributed by atoms with Crippen molar-refractivity contribution in [3.8, 4) is 0 Å². The molecule has 0 radical (unpaired) electrons. The van der Waals surface area contributed by atoms with E-state index in [2.05, 4.69) is 21.7 Å². The topological polar surface area (TPSA) is 40.9 Å². The third-order valence-electron chi connectivity index (χ3n) is 5.63. The zero-order chi connectivity index (χ0) is 16.5. The Bertz CT molecular complexity index is 692. The van der Waals surface area contributed by atoms with Crippen LogP contribution in [0.2, 0.25) is 0 Å². The highest BCUT2D eigenvalue weighted by Crippen LogP contribution is 2.30. The molecule has 5 heteroatoms. The van der Waals surface area contributed by atoms with Crippen LogP contribution in [0.25, 0.3) is 5.65 Å². The molecule has 4 heterocycles. The van der Waals surface area contributed by atoms with E-state index < -0.39 is 0 Å². The number of pyridine rings is 1. The highest BCUT2D eigenvalue weighted by molar-refractivity contribution is 5.79. The monoisotopic (exact) mass is 326 g/mol. The molecule has 2 aliphatic heterocycles. The molecule has 24 heavy (non-hydrogen) atoms. The number of likely N-dealkylation sites (N-methyl/N-ethyl adjacent to an activating group) is 1. The van der Waals surface area contributed by atoms with Gasteiger partial charge in [-0.15, -0.1) is 0 Å². The molecule has 0 unspecified atom stereocenters. The number of carbonyl (C=O) groups is 1. The van der Waals surface area contributed by atoms with Crippen molar-refractivity contribution in [3.63, 3.8) is 0 Å². The minimum absolute atomic E-state index is 0.240. The molecule has 2 aliphatic rings. The van der Waals surface area contributed by atoms with Crippen molar-refractivity contribution in [1.82, 2.24) is 19.2 Å². The number of aromatic nitrogens is 2. The fourth-order valence-corrected chi connectivity index (χ4v) is 4.51. The van der Waals surface area contributed by atoms with E-state index in [0.717, 1.165) is 37.3 Å². The lowest BCUT2D eigenvalue weighted by molar-refractivity contribution is -0.132. The van der Waals surface area contributed by atoms with Gasteiger partial charge in [0.2, 0.25) is 5.91 Å². The lowest BCUT2D eigenvalue weighted by atomic mass is 10.0. The maximum atomic E-state index is 12.9. The largest absolute Gasteiger partial charge is 0.338 e. The van der Waals surface area contributed by atoms with Crippen LogP contribution in [-0.4, -0.2) is 56.8 Å². The molecule has 4 rings (SSSR count). The van der Waals surface area contributed by atoms with E-state index in [1.807, 2.05) is 35.0 Å². The molecule has 0 aromatic carbocycles. The van der Waals surface area contributed by atoms with Gasteiger partial charge in [-0.3, -0.25) is 9.69 Å². The Labute approximate surface area is 143 Å². The van der Waals surface area contributed by atoms with Crippen LogP contribution in [0.15, 0.2) is 30.6 Å². The molecule has 0 N–H and O–H groups in total. The van der Waals surface area contributed by atoms with Gasteiger partial charge >= 0.3 is 0 Å². The van der Waals surface area contributed by atoms with Crippen molar-refractivity contribution < 1.29 is 4.79 Å². The summed E-state index contributed by atoms with van der Waals surface area (Å²) in [6, 6.07) is 6.89. The summed E-state index contributed by atoms with van der Waals surface area (Å²) < 4.78 is 1.99. The summed E-state index contributed by atoms with van der Waals surface area (Å²) in [6.45, 7) is 5.42. The predicted octanol–water partition coefficient (Wildman–Crippen LogP) is 2.35. The van der Waals surface area contributed by atoms with Gasteiger partial charge in [-0.2, -0.15) is 0 Å². The summed E-state index contributed by atoms with van der Waals surface area (Å²) in [6.07, 6.45) is 9.16. The lowest BCUT2D eigenvalue weighted by Crippen LogP contribution is -2.48. The van der Waals surface area contributed by atoms with Gasteiger partial charge in [-0.05, 0) is 50.9 Å². The molecule has 0 aliphatic carbocycles. The summed E-state index contributed by atoms with van der Waals surface area (Å²) in [4.78, 5) is 22.2. The second-order valence-corrected chi connectivity index (χ2v) is 7.01. The highest BCUT2D eigenvalue weighted by Gasteiger charge is 2.39. The average molecular weight is 326 g/mol. The molecule has 2 aromatic rings. The number of hydrogen-bond acceptors (Lipinski definition) is 3. The molecule has 2 fully saturated rings. The van der Waals surface area contributed by atoms with Gasteiger partial charge in [0, 0.05) is 31.0 Å². The van der Waals surface area contributed by atoms with Crippen LogP contribution >= 0.6 is 0 Å². The van der Waals surface area contributed by atoms with Gasteiger partial charge in [-0.25, -0.2) is 4.98 Å². The highest BCUT2D eigenvalue weighted by atomic mass is 16.2. The first kappa shape index (κ1) is 15.6. The Hall–Kier alpha value is -1.88. The van der Waals surface area contributed by atoms with Gasteiger partial charge in [0.25, 0.3) is 0 Å². The van der Waals surface area contributed by atoms with Crippen LogP contribution in [0.4, 0.5) is 0 Å². The average Bonchev–Trinajstić information content (AvgIpc) is 3.31. The molecule has 128 valence electrons. The number of carbonyl (C=O) groups excluding carboxylic acids is 1. The first-order valence-electron chi connectivity index (χ1n) is 9.22. The Morgan fingerprint density at radius 3 is 2.88 bits per heavy atom. The predicted molar refractivity (Wildman–Crippen MR) is 93.9 cm³/mol.